The van der Waals surface area contributed by atoms with Crippen molar-refractivity contribution in [2.75, 3.05) is 33.2 Å². The molecule has 4 rings (SSSR count). The molecular formula is C25H28F2N4O2. The first kappa shape index (κ1) is 23.1. The standard InChI is InChI=1S/C25H28F2N4O2/c1-18(19-6-4-3-5-7-19)31(15-20-8-9-21(26)14-22(20)27)16-24-28-23(17-33-24)25(32)30-12-10-29(2)11-13-30/h3-9,14,17-18H,10-13,15-16H2,1-2H3/t18-/m1/s1. The minimum Gasteiger partial charge on any atom is -0.447 e. The number of aromatic nitrogens is 1. The van der Waals surface area contributed by atoms with E-state index in [1.165, 1.54) is 18.4 Å². The van der Waals surface area contributed by atoms with E-state index >= 15 is 0 Å². The molecule has 174 valence electrons. The summed E-state index contributed by atoms with van der Waals surface area (Å²) < 4.78 is 33.4. The van der Waals surface area contributed by atoms with Crippen molar-refractivity contribution >= 4 is 5.91 Å². The van der Waals surface area contributed by atoms with Crippen LogP contribution in [0.5, 0.6) is 0 Å². The van der Waals surface area contributed by atoms with Crippen molar-refractivity contribution in [1.82, 2.24) is 19.7 Å². The van der Waals surface area contributed by atoms with E-state index in [-0.39, 0.29) is 30.7 Å². The highest BCUT2D eigenvalue weighted by Gasteiger charge is 2.25. The minimum atomic E-state index is -0.612. The van der Waals surface area contributed by atoms with E-state index in [1.807, 2.05) is 49.2 Å². The molecule has 0 saturated carbocycles. The third-order valence-electron chi connectivity index (χ3n) is 6.12. The normalized spacial score (nSPS) is 15.7. The van der Waals surface area contributed by atoms with Crippen LogP contribution in [0.2, 0.25) is 0 Å². The van der Waals surface area contributed by atoms with Gasteiger partial charge in [-0.2, -0.15) is 0 Å². The third-order valence-corrected chi connectivity index (χ3v) is 6.12. The Bertz CT molecular complexity index is 1080. The van der Waals surface area contributed by atoms with Gasteiger partial charge in [-0.25, -0.2) is 13.8 Å². The van der Waals surface area contributed by atoms with Crippen LogP contribution >= 0.6 is 0 Å². The summed E-state index contributed by atoms with van der Waals surface area (Å²) in [5, 5.41) is 0. The highest BCUT2D eigenvalue weighted by atomic mass is 19.1. The third kappa shape index (κ3) is 5.64. The molecule has 8 heteroatoms. The topological polar surface area (TPSA) is 52.8 Å². The zero-order valence-corrected chi connectivity index (χ0v) is 18.9. The quantitative estimate of drug-likeness (QED) is 0.538. The average Bonchev–Trinajstić information content (AvgIpc) is 3.29. The van der Waals surface area contributed by atoms with E-state index in [4.69, 9.17) is 4.42 Å². The monoisotopic (exact) mass is 454 g/mol. The fourth-order valence-corrected chi connectivity index (χ4v) is 3.97. The first-order valence-electron chi connectivity index (χ1n) is 11.1. The molecule has 0 N–H and O–H groups in total. The number of carbonyl (C=O) groups excluding carboxylic acids is 1. The highest BCUT2D eigenvalue weighted by molar-refractivity contribution is 5.92. The van der Waals surface area contributed by atoms with Gasteiger partial charge in [0.05, 0.1) is 6.54 Å². The Morgan fingerprint density at radius 2 is 1.82 bits per heavy atom. The minimum absolute atomic E-state index is 0.0978. The van der Waals surface area contributed by atoms with Gasteiger partial charge >= 0.3 is 0 Å². The van der Waals surface area contributed by atoms with Crippen LogP contribution in [-0.4, -0.2) is 58.8 Å². The molecule has 3 aromatic rings. The molecule has 0 unspecified atom stereocenters. The maximum atomic E-state index is 14.4. The lowest BCUT2D eigenvalue weighted by Gasteiger charge is -2.31. The number of halogens is 2. The van der Waals surface area contributed by atoms with Gasteiger partial charge in [0.1, 0.15) is 17.9 Å². The lowest BCUT2D eigenvalue weighted by Crippen LogP contribution is -2.47. The van der Waals surface area contributed by atoms with Crippen molar-refractivity contribution in [3.05, 3.63) is 89.1 Å². The maximum Gasteiger partial charge on any atom is 0.275 e. The van der Waals surface area contributed by atoms with Crippen molar-refractivity contribution in [2.24, 2.45) is 0 Å². The summed E-state index contributed by atoms with van der Waals surface area (Å²) in [5.74, 6) is -0.986. The molecule has 1 fully saturated rings. The average molecular weight is 455 g/mol. The van der Waals surface area contributed by atoms with Gasteiger partial charge in [-0.05, 0) is 25.6 Å². The van der Waals surface area contributed by atoms with Gasteiger partial charge in [-0.1, -0.05) is 36.4 Å². The summed E-state index contributed by atoms with van der Waals surface area (Å²) in [7, 11) is 2.03. The lowest BCUT2D eigenvalue weighted by atomic mass is 10.1. The van der Waals surface area contributed by atoms with Crippen LogP contribution in [0.15, 0.2) is 59.2 Å². The smallest absolute Gasteiger partial charge is 0.275 e. The second-order valence-corrected chi connectivity index (χ2v) is 8.45. The predicted octanol–water partition coefficient (Wildman–Crippen LogP) is 4.10. The molecular weight excluding hydrogens is 426 g/mol. The SMILES string of the molecule is C[C@H](c1ccccc1)N(Cc1nc(C(=O)N2CCN(C)CC2)co1)Cc1ccc(F)cc1F. The first-order valence-corrected chi connectivity index (χ1v) is 11.1. The molecule has 0 radical (unpaired) electrons. The van der Waals surface area contributed by atoms with Gasteiger partial charge in [0.25, 0.3) is 5.91 Å². The maximum absolute atomic E-state index is 14.4. The zero-order chi connectivity index (χ0) is 23.4. The number of likely N-dealkylation sites (N-methyl/N-ethyl adjacent to an activating group) is 1. The molecule has 1 atom stereocenters. The summed E-state index contributed by atoms with van der Waals surface area (Å²) in [6.07, 6.45) is 1.39. The van der Waals surface area contributed by atoms with E-state index in [0.29, 0.717) is 24.5 Å². The zero-order valence-electron chi connectivity index (χ0n) is 18.9. The second kappa shape index (κ2) is 10.2. The number of oxazole rings is 1. The van der Waals surface area contributed by atoms with E-state index < -0.39 is 11.6 Å². The Labute approximate surface area is 192 Å². The summed E-state index contributed by atoms with van der Waals surface area (Å²) in [5.41, 5.74) is 1.69. The summed E-state index contributed by atoms with van der Waals surface area (Å²) >= 11 is 0. The number of benzene rings is 2. The van der Waals surface area contributed by atoms with Gasteiger partial charge in [0, 0.05) is 50.4 Å². The van der Waals surface area contributed by atoms with Crippen LogP contribution in [0.3, 0.4) is 0 Å². The molecule has 0 aliphatic carbocycles. The fourth-order valence-electron chi connectivity index (χ4n) is 3.97. The number of nitrogens with zero attached hydrogens (tertiary/aromatic N) is 4. The molecule has 1 amide bonds. The van der Waals surface area contributed by atoms with Crippen molar-refractivity contribution in [1.29, 1.82) is 0 Å². The van der Waals surface area contributed by atoms with Gasteiger partial charge in [0.15, 0.2) is 5.69 Å². The summed E-state index contributed by atoms with van der Waals surface area (Å²) in [6, 6.07) is 13.3. The lowest BCUT2D eigenvalue weighted by molar-refractivity contribution is 0.0658. The van der Waals surface area contributed by atoms with Gasteiger partial charge < -0.3 is 14.2 Å². The molecule has 0 spiro atoms. The Hall–Kier alpha value is -3.10. The number of carbonyl (C=O) groups is 1. The number of rotatable bonds is 7. The van der Waals surface area contributed by atoms with Crippen LogP contribution < -0.4 is 0 Å². The van der Waals surface area contributed by atoms with Crippen LogP contribution in [0, 0.1) is 11.6 Å². The van der Waals surface area contributed by atoms with Crippen LogP contribution in [0.1, 0.15) is 40.5 Å². The number of amides is 1. The van der Waals surface area contributed by atoms with Crippen molar-refractivity contribution < 1.29 is 18.0 Å². The summed E-state index contributed by atoms with van der Waals surface area (Å²) in [6.45, 7) is 5.45. The van der Waals surface area contributed by atoms with E-state index in [9.17, 15) is 13.6 Å². The van der Waals surface area contributed by atoms with Crippen LogP contribution in [0.4, 0.5) is 8.78 Å². The molecule has 1 saturated heterocycles. The molecule has 2 aromatic carbocycles. The highest BCUT2D eigenvalue weighted by Crippen LogP contribution is 2.25. The molecule has 6 nitrogen and oxygen atoms in total. The van der Waals surface area contributed by atoms with Gasteiger partial charge in [0.2, 0.25) is 5.89 Å². The van der Waals surface area contributed by atoms with Gasteiger partial charge in [-0.3, -0.25) is 9.69 Å². The van der Waals surface area contributed by atoms with E-state index in [2.05, 4.69) is 9.88 Å². The molecule has 0 bridgehead atoms. The molecule has 33 heavy (non-hydrogen) atoms. The van der Waals surface area contributed by atoms with Crippen LogP contribution in [-0.2, 0) is 13.1 Å². The summed E-state index contributed by atoms with van der Waals surface area (Å²) in [4.78, 5) is 23.2. The van der Waals surface area contributed by atoms with Crippen LogP contribution in [0.25, 0.3) is 0 Å². The number of piperazine rings is 1. The van der Waals surface area contributed by atoms with E-state index in [1.54, 1.807) is 4.90 Å². The fraction of sp³-hybridized carbons (Fsp3) is 0.360. The Kier molecular flexibility index (Phi) is 7.15. The molecule has 1 aliphatic heterocycles. The largest absolute Gasteiger partial charge is 0.447 e. The van der Waals surface area contributed by atoms with Gasteiger partial charge in [-0.15, -0.1) is 0 Å². The van der Waals surface area contributed by atoms with Crippen molar-refractivity contribution in [3.63, 3.8) is 0 Å². The Morgan fingerprint density at radius 1 is 1.09 bits per heavy atom. The van der Waals surface area contributed by atoms with Crippen molar-refractivity contribution in [3.8, 4) is 0 Å². The molecule has 2 heterocycles. The first-order chi connectivity index (χ1) is 15.9. The van der Waals surface area contributed by atoms with Crippen molar-refractivity contribution in [2.45, 2.75) is 26.1 Å². The molecule has 1 aromatic heterocycles. The Balaban J connectivity index is 1.53. The Morgan fingerprint density at radius 3 is 2.52 bits per heavy atom. The molecule has 1 aliphatic rings. The van der Waals surface area contributed by atoms with E-state index in [0.717, 1.165) is 24.7 Å². The number of hydrogen-bond acceptors (Lipinski definition) is 5. The number of hydrogen-bond donors (Lipinski definition) is 0. The predicted molar refractivity (Wildman–Crippen MR) is 120 cm³/mol. The second-order valence-electron chi connectivity index (χ2n) is 8.45.